The van der Waals surface area contributed by atoms with Crippen LogP contribution in [0, 0.1) is 0 Å². The summed E-state index contributed by atoms with van der Waals surface area (Å²) < 4.78 is 8.03. The summed E-state index contributed by atoms with van der Waals surface area (Å²) in [5.74, 6) is 2.26. The molecule has 0 N–H and O–H groups in total. The van der Waals surface area contributed by atoms with E-state index < -0.39 is 0 Å². The number of benzene rings is 2. The molecule has 5 nitrogen and oxygen atoms in total. The molecule has 0 saturated carbocycles. The normalized spacial score (nSPS) is 11.5. The Morgan fingerprint density at radius 1 is 1.12 bits per heavy atom. The predicted octanol–water partition coefficient (Wildman–Crippen LogP) is 7.41. The van der Waals surface area contributed by atoms with Crippen molar-refractivity contribution in [1.82, 2.24) is 19.7 Å². The summed E-state index contributed by atoms with van der Waals surface area (Å²) in [6, 6.07) is 16.0. The van der Waals surface area contributed by atoms with Gasteiger partial charge in [0.15, 0.2) is 11.0 Å². The number of hydrogen-bond donors (Lipinski definition) is 0. The summed E-state index contributed by atoms with van der Waals surface area (Å²) >= 11 is 9.51. The van der Waals surface area contributed by atoms with Crippen molar-refractivity contribution in [2.75, 3.05) is 0 Å². The van der Waals surface area contributed by atoms with E-state index in [-0.39, 0.29) is 5.41 Å². The molecule has 0 atom stereocenters. The molecular weight excluding hydrogens is 484 g/mol. The maximum atomic E-state index is 6.32. The first-order valence-corrected chi connectivity index (χ1v) is 13.2. The van der Waals surface area contributed by atoms with Gasteiger partial charge in [0.1, 0.15) is 17.4 Å². The number of thiazole rings is 1. The van der Waals surface area contributed by atoms with E-state index in [1.807, 2.05) is 47.0 Å². The van der Waals surface area contributed by atoms with Gasteiger partial charge in [-0.05, 0) is 29.2 Å². The number of ether oxygens (including phenoxy) is 1. The lowest BCUT2D eigenvalue weighted by Crippen LogP contribution is -2.11. The summed E-state index contributed by atoms with van der Waals surface area (Å²) in [6.07, 6.45) is 1.84. The van der Waals surface area contributed by atoms with E-state index >= 15 is 0 Å². The third-order valence-corrected chi connectivity index (χ3v) is 7.45. The molecule has 0 spiro atoms. The van der Waals surface area contributed by atoms with Crippen LogP contribution in [-0.2, 0) is 24.3 Å². The highest BCUT2D eigenvalue weighted by atomic mass is 35.5. The highest BCUT2D eigenvalue weighted by Gasteiger charge is 2.16. The highest BCUT2D eigenvalue weighted by Crippen LogP contribution is 2.32. The minimum atomic E-state index is 0.111. The van der Waals surface area contributed by atoms with Gasteiger partial charge in [0.25, 0.3) is 0 Å². The van der Waals surface area contributed by atoms with Crippen LogP contribution < -0.4 is 4.74 Å². The second-order valence-electron chi connectivity index (χ2n) is 8.77. The lowest BCUT2D eigenvalue weighted by atomic mass is 9.87. The van der Waals surface area contributed by atoms with Crippen molar-refractivity contribution in [3.05, 3.63) is 88.7 Å². The van der Waals surface area contributed by atoms with E-state index in [1.54, 1.807) is 23.1 Å². The summed E-state index contributed by atoms with van der Waals surface area (Å²) in [6.45, 7) is 11.4. The second-order valence-corrected chi connectivity index (χ2v) is 11.0. The average molecular weight is 511 g/mol. The molecule has 4 rings (SSSR count). The third-order valence-electron chi connectivity index (χ3n) is 5.20. The fourth-order valence-electron chi connectivity index (χ4n) is 3.31. The first-order valence-electron chi connectivity index (χ1n) is 10.9. The zero-order chi connectivity index (χ0) is 24.1. The van der Waals surface area contributed by atoms with Gasteiger partial charge in [-0.1, -0.05) is 80.5 Å². The van der Waals surface area contributed by atoms with Crippen LogP contribution >= 0.6 is 34.7 Å². The molecule has 0 radical (unpaired) electrons. The van der Waals surface area contributed by atoms with Crippen molar-refractivity contribution in [2.24, 2.45) is 0 Å². The van der Waals surface area contributed by atoms with Crippen molar-refractivity contribution in [2.45, 2.75) is 50.2 Å². The van der Waals surface area contributed by atoms with E-state index in [2.05, 4.69) is 55.1 Å². The molecule has 34 heavy (non-hydrogen) atoms. The molecule has 0 aliphatic heterocycles. The van der Waals surface area contributed by atoms with Crippen LogP contribution in [-0.4, -0.2) is 19.7 Å². The minimum absolute atomic E-state index is 0.111. The van der Waals surface area contributed by atoms with Gasteiger partial charge in [0, 0.05) is 23.2 Å². The Morgan fingerprint density at radius 2 is 1.88 bits per heavy atom. The summed E-state index contributed by atoms with van der Waals surface area (Å²) in [5, 5.41) is 13.3. The zero-order valence-corrected chi connectivity index (χ0v) is 21.9. The molecule has 2 heterocycles. The summed E-state index contributed by atoms with van der Waals surface area (Å²) in [5.41, 5.74) is 3.32. The molecule has 8 heteroatoms. The van der Waals surface area contributed by atoms with Crippen molar-refractivity contribution < 1.29 is 4.74 Å². The Bertz CT molecular complexity index is 1260. The first kappa shape index (κ1) is 24.5. The van der Waals surface area contributed by atoms with Gasteiger partial charge in [-0.25, -0.2) is 4.98 Å². The van der Waals surface area contributed by atoms with Crippen molar-refractivity contribution in [3.63, 3.8) is 0 Å². The monoisotopic (exact) mass is 510 g/mol. The molecule has 0 saturated heterocycles. The fourth-order valence-corrected chi connectivity index (χ4v) is 5.42. The molecule has 0 aliphatic carbocycles. The van der Waals surface area contributed by atoms with Gasteiger partial charge in [0.2, 0.25) is 0 Å². The van der Waals surface area contributed by atoms with E-state index in [1.165, 1.54) is 5.56 Å². The largest absolute Gasteiger partial charge is 0.486 e. The van der Waals surface area contributed by atoms with Crippen LogP contribution in [0.1, 0.15) is 37.9 Å². The van der Waals surface area contributed by atoms with Crippen LogP contribution in [0.5, 0.6) is 5.75 Å². The van der Waals surface area contributed by atoms with Crippen LogP contribution in [0.15, 0.2) is 71.7 Å². The summed E-state index contributed by atoms with van der Waals surface area (Å²) in [7, 11) is 0. The highest BCUT2D eigenvalue weighted by molar-refractivity contribution is 7.98. The van der Waals surface area contributed by atoms with Crippen LogP contribution in [0.4, 0.5) is 0 Å². The molecule has 0 amide bonds. The maximum absolute atomic E-state index is 6.32. The standard InChI is InChI=1S/C26H27ClN4OS2/c1-5-14-31-23(15-32-20-12-10-18(11-13-20)26(2,3)4)29-30-25(31)34-17-19-16-33-24(28-19)21-8-6-7-9-22(21)27/h5-13,16H,1,14-15,17H2,2-4H3. The van der Waals surface area contributed by atoms with E-state index in [9.17, 15) is 0 Å². The van der Waals surface area contributed by atoms with Crippen molar-refractivity contribution in [1.29, 1.82) is 0 Å². The first-order chi connectivity index (χ1) is 16.3. The van der Waals surface area contributed by atoms with Gasteiger partial charge in [0.05, 0.1) is 10.7 Å². The Labute approximate surface area is 213 Å². The molecule has 2 aromatic heterocycles. The number of hydrogen-bond acceptors (Lipinski definition) is 6. The third kappa shape index (κ3) is 5.90. The maximum Gasteiger partial charge on any atom is 0.191 e. The van der Waals surface area contributed by atoms with Gasteiger partial charge < -0.3 is 4.74 Å². The zero-order valence-electron chi connectivity index (χ0n) is 19.5. The number of halogens is 1. The van der Waals surface area contributed by atoms with Gasteiger partial charge in [-0.2, -0.15) is 0 Å². The van der Waals surface area contributed by atoms with Crippen LogP contribution in [0.2, 0.25) is 5.02 Å². The quantitative estimate of drug-likeness (QED) is 0.173. The summed E-state index contributed by atoms with van der Waals surface area (Å²) in [4.78, 5) is 4.75. The average Bonchev–Trinajstić information content (AvgIpc) is 3.44. The van der Waals surface area contributed by atoms with E-state index in [0.29, 0.717) is 23.9 Å². The predicted molar refractivity (Wildman–Crippen MR) is 142 cm³/mol. The van der Waals surface area contributed by atoms with Crippen LogP contribution in [0.3, 0.4) is 0 Å². The minimum Gasteiger partial charge on any atom is -0.486 e. The number of rotatable bonds is 9. The molecule has 0 bridgehead atoms. The van der Waals surface area contributed by atoms with Crippen LogP contribution in [0.25, 0.3) is 10.6 Å². The van der Waals surface area contributed by atoms with E-state index in [4.69, 9.17) is 21.3 Å². The Morgan fingerprint density at radius 3 is 2.59 bits per heavy atom. The Balaban J connectivity index is 1.41. The number of aromatic nitrogens is 4. The lowest BCUT2D eigenvalue weighted by Gasteiger charge is -2.19. The molecule has 176 valence electrons. The topological polar surface area (TPSA) is 52.8 Å². The molecule has 0 fully saturated rings. The Hall–Kier alpha value is -2.61. The molecule has 4 aromatic rings. The molecule has 2 aromatic carbocycles. The molecular formula is C26H27ClN4OS2. The number of nitrogens with zero attached hydrogens (tertiary/aromatic N) is 4. The fraction of sp³-hybridized carbons (Fsp3) is 0.269. The van der Waals surface area contributed by atoms with Gasteiger partial charge in [-0.3, -0.25) is 4.57 Å². The molecule has 0 aliphatic rings. The van der Waals surface area contributed by atoms with Gasteiger partial charge in [-0.15, -0.1) is 28.1 Å². The van der Waals surface area contributed by atoms with E-state index in [0.717, 1.165) is 33.0 Å². The lowest BCUT2D eigenvalue weighted by molar-refractivity contribution is 0.289. The SMILES string of the molecule is C=CCn1c(COc2ccc(C(C)(C)C)cc2)nnc1SCc1csc(-c2ccccc2Cl)n1. The second kappa shape index (κ2) is 10.8. The number of allylic oxidation sites excluding steroid dienone is 1. The number of thioether (sulfide) groups is 1. The van der Waals surface area contributed by atoms with Crippen molar-refractivity contribution in [3.8, 4) is 16.3 Å². The Kier molecular flexibility index (Phi) is 7.76. The van der Waals surface area contributed by atoms with Gasteiger partial charge >= 0.3 is 0 Å². The smallest absolute Gasteiger partial charge is 0.191 e. The van der Waals surface area contributed by atoms with Crippen molar-refractivity contribution >= 4 is 34.7 Å². The molecule has 0 unspecified atom stereocenters.